The molecule has 29 heavy (non-hydrogen) atoms. The second-order valence-electron chi connectivity index (χ2n) is 10.3. The molecule has 2 saturated carbocycles. The van der Waals surface area contributed by atoms with Gasteiger partial charge in [-0.15, -0.1) is 0 Å². The maximum atomic E-state index is 12.8. The molecule has 4 rings (SSSR count). The van der Waals surface area contributed by atoms with Gasteiger partial charge >= 0.3 is 6.09 Å². The van der Waals surface area contributed by atoms with E-state index in [1.54, 1.807) is 4.90 Å². The van der Waals surface area contributed by atoms with Crippen molar-refractivity contribution in [2.75, 3.05) is 6.61 Å². The van der Waals surface area contributed by atoms with Crippen LogP contribution < -0.4 is 5.32 Å². The van der Waals surface area contributed by atoms with Gasteiger partial charge in [-0.25, -0.2) is 4.79 Å². The van der Waals surface area contributed by atoms with E-state index in [-0.39, 0.29) is 23.5 Å². The Balaban J connectivity index is 1.41. The lowest BCUT2D eigenvalue weighted by Crippen LogP contribution is -2.51. The highest BCUT2D eigenvalue weighted by molar-refractivity contribution is 6.07. The van der Waals surface area contributed by atoms with E-state index in [1.807, 2.05) is 40.8 Å². The largest absolute Gasteiger partial charge is 0.444 e. The molecule has 0 radical (unpaired) electrons. The number of allylic oxidation sites excluding steroid dienone is 3. The van der Waals surface area contributed by atoms with Gasteiger partial charge in [-0.3, -0.25) is 9.69 Å². The summed E-state index contributed by atoms with van der Waals surface area (Å²) in [5.74, 6) is 1.20. The lowest BCUT2D eigenvalue weighted by atomic mass is 9.78. The zero-order valence-corrected chi connectivity index (χ0v) is 18.2. The first-order chi connectivity index (χ1) is 13.6. The first kappa shape index (κ1) is 20.5. The third-order valence-electron chi connectivity index (χ3n) is 6.83. The minimum absolute atomic E-state index is 0.0348. The molecule has 0 aromatic heterocycles. The standard InChI is InChI=1S/C23H34N2O4/c1-15(2)25(20(27)29-21(3,4)5)22(14-18(22)26)10-12-28-19-23-13-17(23)8-6-7-16(23)9-11-24-19/h6,8-9,11,15-17,19,24H,7,10,12-14H2,1-5H3/t16?,17-,19-,22?,23?/m1/s1. The van der Waals surface area contributed by atoms with Gasteiger partial charge in [0.15, 0.2) is 5.78 Å². The number of carbonyl (C=O) groups excluding carboxylic acids is 2. The van der Waals surface area contributed by atoms with Crippen LogP contribution in [-0.2, 0) is 14.3 Å². The maximum absolute atomic E-state index is 12.8. The van der Waals surface area contributed by atoms with E-state index in [2.05, 4.69) is 23.5 Å². The van der Waals surface area contributed by atoms with Crippen molar-refractivity contribution in [3.63, 3.8) is 0 Å². The van der Waals surface area contributed by atoms with Gasteiger partial charge in [-0.2, -0.15) is 0 Å². The number of ketones is 1. The number of rotatable bonds is 6. The van der Waals surface area contributed by atoms with Crippen LogP contribution in [0.4, 0.5) is 4.79 Å². The van der Waals surface area contributed by atoms with Crippen LogP contribution in [-0.4, -0.2) is 46.8 Å². The molecule has 3 unspecified atom stereocenters. The van der Waals surface area contributed by atoms with E-state index >= 15 is 0 Å². The van der Waals surface area contributed by atoms with Crippen LogP contribution >= 0.6 is 0 Å². The smallest absolute Gasteiger partial charge is 0.411 e. The molecule has 0 aromatic carbocycles. The van der Waals surface area contributed by atoms with E-state index < -0.39 is 17.2 Å². The monoisotopic (exact) mass is 402 g/mol. The number of nitrogens with one attached hydrogen (secondary N) is 1. The van der Waals surface area contributed by atoms with Gasteiger partial charge in [-0.05, 0) is 65.5 Å². The molecular weight excluding hydrogens is 368 g/mol. The summed E-state index contributed by atoms with van der Waals surface area (Å²) in [6.07, 6.45) is 11.5. The Labute approximate surface area is 173 Å². The Kier molecular flexibility index (Phi) is 4.84. The predicted octanol–water partition coefficient (Wildman–Crippen LogP) is 3.78. The molecule has 6 heteroatoms. The molecule has 5 atom stereocenters. The summed E-state index contributed by atoms with van der Waals surface area (Å²) in [6.45, 7) is 9.83. The highest BCUT2D eigenvalue weighted by Crippen LogP contribution is 2.65. The number of hydrogen-bond acceptors (Lipinski definition) is 5. The van der Waals surface area contributed by atoms with Crippen molar-refractivity contribution in [2.45, 2.75) is 83.7 Å². The molecule has 1 spiro atoms. The third kappa shape index (κ3) is 3.49. The fourth-order valence-electron chi connectivity index (χ4n) is 5.30. The molecule has 160 valence electrons. The quantitative estimate of drug-likeness (QED) is 0.685. The predicted molar refractivity (Wildman–Crippen MR) is 110 cm³/mol. The zero-order chi connectivity index (χ0) is 21.0. The van der Waals surface area contributed by atoms with E-state index in [9.17, 15) is 9.59 Å². The molecule has 4 aliphatic rings. The topological polar surface area (TPSA) is 67.9 Å². The zero-order valence-electron chi connectivity index (χ0n) is 18.2. The average molecular weight is 403 g/mol. The van der Waals surface area contributed by atoms with Crippen molar-refractivity contribution in [3.8, 4) is 0 Å². The van der Waals surface area contributed by atoms with Crippen molar-refractivity contribution < 1.29 is 19.1 Å². The fraction of sp³-hybridized carbons (Fsp3) is 0.739. The minimum atomic E-state index is -0.784. The Hall–Kier alpha value is -1.82. The van der Waals surface area contributed by atoms with Gasteiger partial charge in [0.2, 0.25) is 0 Å². The lowest BCUT2D eigenvalue weighted by molar-refractivity contribution is -0.115. The van der Waals surface area contributed by atoms with Gasteiger partial charge in [-0.1, -0.05) is 18.2 Å². The van der Waals surface area contributed by atoms with Crippen molar-refractivity contribution in [1.29, 1.82) is 0 Å². The van der Waals surface area contributed by atoms with Crippen molar-refractivity contribution in [3.05, 3.63) is 24.4 Å². The molecule has 2 fully saturated rings. The third-order valence-corrected chi connectivity index (χ3v) is 6.83. The molecule has 1 N–H and O–H groups in total. The SMILES string of the molecule is CC(C)N(C(=O)OC(C)(C)C)C1(CCO[C@H]2NC=CC3CC=C[C@@H]4CC342)CC1=O. The Morgan fingerprint density at radius 3 is 2.66 bits per heavy atom. The van der Waals surface area contributed by atoms with Crippen LogP contribution in [0.15, 0.2) is 24.4 Å². The van der Waals surface area contributed by atoms with Crippen molar-refractivity contribution >= 4 is 11.9 Å². The summed E-state index contributed by atoms with van der Waals surface area (Å²) in [7, 11) is 0. The summed E-state index contributed by atoms with van der Waals surface area (Å²) in [6, 6.07) is -0.119. The van der Waals surface area contributed by atoms with Gasteiger partial charge in [0.25, 0.3) is 0 Å². The first-order valence-corrected chi connectivity index (χ1v) is 10.9. The molecule has 1 amide bonds. The fourth-order valence-corrected chi connectivity index (χ4v) is 5.30. The Bertz CT molecular complexity index is 752. The van der Waals surface area contributed by atoms with Gasteiger partial charge in [0, 0.05) is 24.3 Å². The molecule has 6 nitrogen and oxygen atoms in total. The van der Waals surface area contributed by atoms with Crippen LogP contribution in [0.3, 0.4) is 0 Å². The summed E-state index contributed by atoms with van der Waals surface area (Å²) < 4.78 is 11.9. The van der Waals surface area contributed by atoms with Crippen LogP contribution in [0.2, 0.25) is 0 Å². The average Bonchev–Trinajstić information content (AvgIpc) is 3.48. The maximum Gasteiger partial charge on any atom is 0.411 e. The lowest BCUT2D eigenvalue weighted by Gasteiger charge is -2.39. The highest BCUT2D eigenvalue weighted by Gasteiger charge is 2.65. The van der Waals surface area contributed by atoms with Gasteiger partial charge in [0.05, 0.1) is 6.61 Å². The van der Waals surface area contributed by atoms with E-state index in [0.29, 0.717) is 31.3 Å². The van der Waals surface area contributed by atoms with E-state index in [0.717, 1.165) is 12.8 Å². The van der Waals surface area contributed by atoms with Crippen LogP contribution in [0.25, 0.3) is 0 Å². The second-order valence-corrected chi connectivity index (χ2v) is 10.3. The molecule has 0 saturated heterocycles. The molecule has 1 aliphatic heterocycles. The van der Waals surface area contributed by atoms with E-state index in [4.69, 9.17) is 9.47 Å². The van der Waals surface area contributed by atoms with Crippen LogP contribution in [0.5, 0.6) is 0 Å². The van der Waals surface area contributed by atoms with Gasteiger partial charge < -0.3 is 14.8 Å². The van der Waals surface area contributed by atoms with Crippen molar-refractivity contribution in [1.82, 2.24) is 10.2 Å². The number of amides is 1. The number of carbonyl (C=O) groups is 2. The summed E-state index contributed by atoms with van der Waals surface area (Å²) in [4.78, 5) is 26.9. The number of ether oxygens (including phenoxy) is 2. The molecule has 0 aromatic rings. The minimum Gasteiger partial charge on any atom is -0.444 e. The molecule has 0 bridgehead atoms. The highest BCUT2D eigenvalue weighted by atomic mass is 16.6. The van der Waals surface area contributed by atoms with E-state index in [1.165, 1.54) is 0 Å². The molecular formula is C23H34N2O4. The first-order valence-electron chi connectivity index (χ1n) is 10.9. The van der Waals surface area contributed by atoms with Crippen LogP contribution in [0.1, 0.15) is 60.3 Å². The summed E-state index contributed by atoms with van der Waals surface area (Å²) in [5.41, 5.74) is -1.22. The van der Waals surface area contributed by atoms with Crippen molar-refractivity contribution in [2.24, 2.45) is 17.3 Å². The Morgan fingerprint density at radius 1 is 1.31 bits per heavy atom. The second kappa shape index (κ2) is 6.86. The van der Waals surface area contributed by atoms with Crippen LogP contribution in [0, 0.1) is 17.3 Å². The normalized spacial score (nSPS) is 36.9. The summed E-state index contributed by atoms with van der Waals surface area (Å²) >= 11 is 0. The number of nitrogens with zero attached hydrogens (tertiary/aromatic N) is 1. The number of Topliss-reactive ketones (excluding diaryl/α,β-unsaturated/α-hetero) is 1. The summed E-state index contributed by atoms with van der Waals surface area (Å²) in [5, 5.41) is 3.40. The Morgan fingerprint density at radius 2 is 2.03 bits per heavy atom. The number of hydrogen-bond donors (Lipinski definition) is 1. The molecule has 3 aliphatic carbocycles. The molecule has 1 heterocycles. The van der Waals surface area contributed by atoms with Gasteiger partial charge in [0.1, 0.15) is 17.4 Å².